The second-order valence-electron chi connectivity index (χ2n) is 3.31. The maximum Gasteiger partial charge on any atom is 0.123 e. The summed E-state index contributed by atoms with van der Waals surface area (Å²) in [7, 11) is 0. The summed E-state index contributed by atoms with van der Waals surface area (Å²) in [6.07, 6.45) is 1.14. The Labute approximate surface area is 84.4 Å². The molecule has 1 fully saturated rings. The monoisotopic (exact) mass is 199 g/mol. The zero-order valence-electron chi connectivity index (χ0n) is 7.58. The van der Waals surface area contributed by atoms with E-state index in [1.165, 1.54) is 0 Å². The fourth-order valence-corrected chi connectivity index (χ4v) is 1.52. The van der Waals surface area contributed by atoms with Crippen molar-refractivity contribution in [3.63, 3.8) is 0 Å². The first-order chi connectivity index (χ1) is 5.79. The van der Waals surface area contributed by atoms with Gasteiger partial charge in [-0.25, -0.2) is 0 Å². The molecule has 1 aliphatic rings. The average molecular weight is 200 g/mol. The van der Waals surface area contributed by atoms with E-state index in [4.69, 9.17) is 0 Å². The van der Waals surface area contributed by atoms with Gasteiger partial charge in [0, 0.05) is 11.6 Å². The summed E-state index contributed by atoms with van der Waals surface area (Å²) in [5.41, 5.74) is 2.00. The molecule has 13 heavy (non-hydrogen) atoms. The first-order valence-electron chi connectivity index (χ1n) is 4.31. The van der Waals surface area contributed by atoms with Gasteiger partial charge < -0.3 is 10.4 Å². The standard InChI is InChI=1S/C10H13NO.ClH/c1-7-3-2-4-8(10(7)12)9-5-6-11-9;/h2-4,9,11-12H,5-6H2,1H3;1H/t9-;/m0./s1. The van der Waals surface area contributed by atoms with Gasteiger partial charge >= 0.3 is 0 Å². The van der Waals surface area contributed by atoms with Crippen LogP contribution in [0.3, 0.4) is 0 Å². The van der Waals surface area contributed by atoms with E-state index in [1.54, 1.807) is 0 Å². The molecule has 0 radical (unpaired) electrons. The minimum atomic E-state index is 0. The summed E-state index contributed by atoms with van der Waals surface area (Å²) >= 11 is 0. The highest BCUT2D eigenvalue weighted by Gasteiger charge is 2.21. The molecule has 1 aromatic rings. The molecule has 0 spiro atoms. The van der Waals surface area contributed by atoms with E-state index in [1.807, 2.05) is 25.1 Å². The van der Waals surface area contributed by atoms with Crippen LogP contribution in [0.25, 0.3) is 0 Å². The summed E-state index contributed by atoms with van der Waals surface area (Å²) in [6, 6.07) is 6.28. The number of hydrogen-bond acceptors (Lipinski definition) is 2. The van der Waals surface area contributed by atoms with Gasteiger partial charge in [-0.05, 0) is 25.5 Å². The van der Waals surface area contributed by atoms with Crippen molar-refractivity contribution in [2.75, 3.05) is 6.54 Å². The number of phenolic OH excluding ortho intramolecular Hbond substituents is 1. The lowest BCUT2D eigenvalue weighted by atomic mass is 9.95. The quantitative estimate of drug-likeness (QED) is 0.727. The number of rotatable bonds is 1. The van der Waals surface area contributed by atoms with Gasteiger partial charge in [0.05, 0.1) is 0 Å². The smallest absolute Gasteiger partial charge is 0.123 e. The molecule has 0 aromatic heterocycles. The molecule has 1 aromatic carbocycles. The normalized spacial score (nSPS) is 20.2. The molecule has 1 saturated heterocycles. The van der Waals surface area contributed by atoms with Gasteiger partial charge in [-0.3, -0.25) is 0 Å². The van der Waals surface area contributed by atoms with E-state index < -0.39 is 0 Å². The zero-order chi connectivity index (χ0) is 8.55. The number of nitrogens with one attached hydrogen (secondary N) is 1. The van der Waals surface area contributed by atoms with Gasteiger partial charge in [-0.2, -0.15) is 0 Å². The van der Waals surface area contributed by atoms with Gasteiger partial charge in [-0.15, -0.1) is 12.4 Å². The van der Waals surface area contributed by atoms with Crippen molar-refractivity contribution in [1.82, 2.24) is 5.32 Å². The van der Waals surface area contributed by atoms with E-state index >= 15 is 0 Å². The zero-order valence-corrected chi connectivity index (χ0v) is 8.40. The fourth-order valence-electron chi connectivity index (χ4n) is 1.52. The lowest BCUT2D eigenvalue weighted by molar-refractivity contribution is 0.363. The molecule has 0 aliphatic carbocycles. The lowest BCUT2D eigenvalue weighted by Crippen LogP contribution is -2.34. The van der Waals surface area contributed by atoms with Crippen molar-refractivity contribution in [2.45, 2.75) is 19.4 Å². The Kier molecular flexibility index (Phi) is 3.17. The SMILES string of the molecule is Cc1cccc([C@@H]2CCN2)c1O.Cl. The van der Waals surface area contributed by atoms with Crippen molar-refractivity contribution in [3.05, 3.63) is 29.3 Å². The van der Waals surface area contributed by atoms with Crippen LogP contribution in [-0.2, 0) is 0 Å². The second-order valence-corrected chi connectivity index (χ2v) is 3.31. The number of para-hydroxylation sites is 1. The molecule has 1 heterocycles. The van der Waals surface area contributed by atoms with Crippen LogP contribution in [-0.4, -0.2) is 11.7 Å². The molecule has 0 unspecified atom stereocenters. The van der Waals surface area contributed by atoms with Gasteiger partial charge in [0.2, 0.25) is 0 Å². The Morgan fingerprint density at radius 2 is 2.15 bits per heavy atom. The second kappa shape index (κ2) is 3.99. The average Bonchev–Trinajstić information content (AvgIpc) is 1.95. The van der Waals surface area contributed by atoms with Gasteiger partial charge in [0.15, 0.2) is 0 Å². The van der Waals surface area contributed by atoms with Crippen LogP contribution >= 0.6 is 12.4 Å². The lowest BCUT2D eigenvalue weighted by Gasteiger charge is -2.28. The minimum absolute atomic E-state index is 0. The highest BCUT2D eigenvalue weighted by Crippen LogP contribution is 2.31. The highest BCUT2D eigenvalue weighted by molar-refractivity contribution is 5.85. The molecule has 72 valence electrons. The summed E-state index contributed by atoms with van der Waals surface area (Å²) < 4.78 is 0. The van der Waals surface area contributed by atoms with Gasteiger partial charge in [-0.1, -0.05) is 18.2 Å². The number of phenols is 1. The topological polar surface area (TPSA) is 32.3 Å². The van der Waals surface area contributed by atoms with Crippen LogP contribution in [0, 0.1) is 6.92 Å². The van der Waals surface area contributed by atoms with Crippen LogP contribution in [0.2, 0.25) is 0 Å². The number of halogens is 1. The Hall–Kier alpha value is -0.730. The fraction of sp³-hybridized carbons (Fsp3) is 0.400. The number of aromatic hydroxyl groups is 1. The van der Waals surface area contributed by atoms with E-state index in [0.717, 1.165) is 24.1 Å². The Bertz CT molecular complexity index is 297. The van der Waals surface area contributed by atoms with E-state index in [0.29, 0.717) is 11.8 Å². The van der Waals surface area contributed by atoms with Crippen molar-refractivity contribution < 1.29 is 5.11 Å². The van der Waals surface area contributed by atoms with E-state index in [2.05, 4.69) is 5.32 Å². The molecule has 1 atom stereocenters. The van der Waals surface area contributed by atoms with E-state index in [-0.39, 0.29) is 12.4 Å². The predicted octanol–water partition coefficient (Wildman–Crippen LogP) is 2.16. The van der Waals surface area contributed by atoms with Crippen molar-refractivity contribution >= 4 is 12.4 Å². The van der Waals surface area contributed by atoms with Crippen LogP contribution in [0.5, 0.6) is 5.75 Å². The number of benzene rings is 1. The molecule has 2 nitrogen and oxygen atoms in total. The molecular formula is C10H14ClNO. The van der Waals surface area contributed by atoms with Crippen LogP contribution < -0.4 is 5.32 Å². The van der Waals surface area contributed by atoms with Gasteiger partial charge in [0.1, 0.15) is 5.75 Å². The summed E-state index contributed by atoms with van der Waals surface area (Å²) in [6.45, 7) is 3.00. The molecule has 2 rings (SSSR count). The summed E-state index contributed by atoms with van der Waals surface area (Å²) in [5.74, 6) is 0.453. The molecule has 3 heteroatoms. The summed E-state index contributed by atoms with van der Waals surface area (Å²) in [4.78, 5) is 0. The van der Waals surface area contributed by atoms with Crippen molar-refractivity contribution in [3.8, 4) is 5.75 Å². The number of hydrogen-bond donors (Lipinski definition) is 2. The Morgan fingerprint density at radius 3 is 2.69 bits per heavy atom. The van der Waals surface area contributed by atoms with Crippen molar-refractivity contribution in [1.29, 1.82) is 0 Å². The highest BCUT2D eigenvalue weighted by atomic mass is 35.5. The molecule has 1 aliphatic heterocycles. The molecule has 2 N–H and O–H groups in total. The minimum Gasteiger partial charge on any atom is -0.507 e. The van der Waals surface area contributed by atoms with Crippen LogP contribution in [0.15, 0.2) is 18.2 Å². The van der Waals surface area contributed by atoms with Crippen LogP contribution in [0.4, 0.5) is 0 Å². The molecule has 0 amide bonds. The third-order valence-electron chi connectivity index (χ3n) is 2.47. The van der Waals surface area contributed by atoms with Crippen LogP contribution in [0.1, 0.15) is 23.6 Å². The maximum atomic E-state index is 9.69. The third kappa shape index (κ3) is 1.79. The third-order valence-corrected chi connectivity index (χ3v) is 2.47. The maximum absolute atomic E-state index is 9.69. The first-order valence-corrected chi connectivity index (χ1v) is 4.31. The Balaban J connectivity index is 0.000000845. The molecule has 0 bridgehead atoms. The molecule has 0 saturated carbocycles. The first kappa shape index (κ1) is 10.4. The Morgan fingerprint density at radius 1 is 1.46 bits per heavy atom. The van der Waals surface area contributed by atoms with Crippen molar-refractivity contribution in [2.24, 2.45) is 0 Å². The summed E-state index contributed by atoms with van der Waals surface area (Å²) in [5, 5.41) is 13.0. The number of aryl methyl sites for hydroxylation is 1. The van der Waals surface area contributed by atoms with Gasteiger partial charge in [0.25, 0.3) is 0 Å². The predicted molar refractivity (Wildman–Crippen MR) is 55.5 cm³/mol. The molecular weight excluding hydrogens is 186 g/mol. The van der Waals surface area contributed by atoms with E-state index in [9.17, 15) is 5.11 Å². The largest absolute Gasteiger partial charge is 0.507 e.